The van der Waals surface area contributed by atoms with Crippen LogP contribution in [0.1, 0.15) is 82.1 Å². The average Bonchev–Trinajstić information content (AvgIpc) is 3.39. The number of nitrogens with zero attached hydrogens (tertiary/aromatic N) is 2. The third-order valence-electron chi connectivity index (χ3n) is 6.81. The van der Waals surface area contributed by atoms with E-state index in [4.69, 9.17) is 0 Å². The van der Waals surface area contributed by atoms with E-state index in [0.29, 0.717) is 5.92 Å². The van der Waals surface area contributed by atoms with Gasteiger partial charge < -0.3 is 0 Å². The Kier molecular flexibility index (Phi) is 3.97. The molecule has 2 heterocycles. The molecule has 2 heteroatoms. The Morgan fingerprint density at radius 1 is 0.966 bits per heavy atom. The minimum absolute atomic E-state index is 0.0701. The van der Waals surface area contributed by atoms with Gasteiger partial charge in [0.15, 0.2) is 5.69 Å². The lowest BCUT2D eigenvalue weighted by Crippen LogP contribution is -2.43. The highest BCUT2D eigenvalue weighted by Gasteiger charge is 2.48. The lowest BCUT2D eigenvalue weighted by molar-refractivity contribution is -0.615. The second-order valence-corrected chi connectivity index (χ2v) is 9.88. The number of aromatic nitrogens is 2. The third kappa shape index (κ3) is 2.72. The second-order valence-electron chi connectivity index (χ2n) is 9.88. The molecule has 3 aromatic rings. The van der Waals surface area contributed by atoms with Crippen molar-refractivity contribution in [2.24, 2.45) is 5.92 Å². The first-order valence-corrected chi connectivity index (χ1v) is 11.1. The molecule has 2 nitrogen and oxygen atoms in total. The summed E-state index contributed by atoms with van der Waals surface area (Å²) < 4.78 is 14.9. The number of imidazole rings is 1. The van der Waals surface area contributed by atoms with Gasteiger partial charge in [-0.1, -0.05) is 49.2 Å². The molecule has 2 aliphatic rings. The van der Waals surface area contributed by atoms with E-state index in [1.165, 1.54) is 52.6 Å². The molecule has 2 aromatic carbocycles. The van der Waals surface area contributed by atoms with Crippen LogP contribution in [0.15, 0.2) is 48.5 Å². The van der Waals surface area contributed by atoms with Crippen molar-refractivity contribution in [3.05, 3.63) is 76.9 Å². The van der Waals surface area contributed by atoms with Crippen LogP contribution in [-0.4, -0.2) is 4.57 Å². The highest BCUT2D eigenvalue weighted by atomic mass is 15.2. The molecule has 1 aliphatic heterocycles. The van der Waals surface area contributed by atoms with E-state index in [-0.39, 0.29) is 5.41 Å². The van der Waals surface area contributed by atoms with Gasteiger partial charge in [0.25, 0.3) is 5.82 Å². The van der Waals surface area contributed by atoms with E-state index < -0.39 is 5.89 Å². The normalized spacial score (nSPS) is 21.9. The summed E-state index contributed by atoms with van der Waals surface area (Å²) in [6.07, 6.45) is 4.80. The smallest absolute Gasteiger partial charge is 0.196 e. The molecule has 0 saturated heterocycles. The van der Waals surface area contributed by atoms with E-state index in [1.807, 2.05) is 0 Å². The molecule has 1 saturated carbocycles. The predicted molar refractivity (Wildman–Crippen MR) is 119 cm³/mol. The lowest BCUT2D eigenvalue weighted by Gasteiger charge is -2.19. The standard InChI is InChI=1S/C27H33N2/c1-18-12-6-10-16-22(18)28-19(2)25-24(20-13-7-8-14-20)21-15-9-11-17-23(21)29(25)26(28)27(3,4)5/h6,9-12,15-17,20,24H,7-8,13-14H2,1-5H3/q+1/i24D. The quantitative estimate of drug-likeness (QED) is 0.457. The van der Waals surface area contributed by atoms with Gasteiger partial charge in [0, 0.05) is 13.9 Å². The first-order chi connectivity index (χ1) is 14.3. The van der Waals surface area contributed by atoms with E-state index in [0.717, 1.165) is 12.8 Å². The average molecular weight is 387 g/mol. The summed E-state index contributed by atoms with van der Waals surface area (Å²) in [6.45, 7) is 11.3. The lowest BCUT2D eigenvalue weighted by atomic mass is 9.83. The molecule has 1 fully saturated rings. The van der Waals surface area contributed by atoms with Gasteiger partial charge in [-0.3, -0.25) is 0 Å². The Morgan fingerprint density at radius 2 is 1.62 bits per heavy atom. The number of benzene rings is 2. The molecule has 5 rings (SSSR count). The highest BCUT2D eigenvalue weighted by Crippen LogP contribution is 2.50. The van der Waals surface area contributed by atoms with E-state index in [9.17, 15) is 1.37 Å². The molecule has 0 bridgehead atoms. The third-order valence-corrected chi connectivity index (χ3v) is 6.81. The van der Waals surface area contributed by atoms with Gasteiger partial charge in [-0.15, -0.1) is 0 Å². The summed E-state index contributed by atoms with van der Waals surface area (Å²) in [5.41, 5.74) is 7.22. The fraction of sp³-hybridized carbons (Fsp3) is 0.444. The minimum atomic E-state index is -0.675. The Morgan fingerprint density at radius 3 is 2.31 bits per heavy atom. The molecule has 1 aromatic heterocycles. The summed E-state index contributed by atoms with van der Waals surface area (Å²) in [6, 6.07) is 17.3. The van der Waals surface area contributed by atoms with Crippen LogP contribution >= 0.6 is 0 Å². The molecule has 29 heavy (non-hydrogen) atoms. The molecule has 0 amide bonds. The molecular weight excluding hydrogens is 352 g/mol. The zero-order chi connectivity index (χ0) is 21.3. The van der Waals surface area contributed by atoms with Crippen molar-refractivity contribution in [3.8, 4) is 11.4 Å². The molecular formula is C27H33N2+. The van der Waals surface area contributed by atoms with Crippen molar-refractivity contribution < 1.29 is 5.94 Å². The van der Waals surface area contributed by atoms with E-state index >= 15 is 0 Å². The van der Waals surface area contributed by atoms with Crippen LogP contribution in [0.5, 0.6) is 0 Å². The van der Waals surface area contributed by atoms with Crippen molar-refractivity contribution in [2.45, 2.75) is 71.6 Å². The van der Waals surface area contributed by atoms with Gasteiger partial charge in [-0.25, -0.2) is 0 Å². The zero-order valence-electron chi connectivity index (χ0n) is 19.4. The Balaban J connectivity index is 1.92. The molecule has 1 aliphatic carbocycles. The molecule has 0 N–H and O–H groups in total. The summed E-state index contributed by atoms with van der Waals surface area (Å²) in [7, 11) is 0. The fourth-order valence-electron chi connectivity index (χ4n) is 5.61. The number of rotatable bonds is 2. The molecule has 0 radical (unpaired) electrons. The summed E-state index contributed by atoms with van der Waals surface area (Å²) in [5.74, 6) is 0.973. The topological polar surface area (TPSA) is 8.81 Å². The van der Waals surface area contributed by atoms with Crippen LogP contribution in [-0.2, 0) is 5.41 Å². The number of fused-ring (bicyclic) bond motifs is 3. The van der Waals surface area contributed by atoms with Crippen molar-refractivity contribution in [3.63, 3.8) is 0 Å². The summed E-state index contributed by atoms with van der Waals surface area (Å²) in [5, 5.41) is 0. The SMILES string of the molecule is [2H]C1(C2CCCC2)c2ccccc2-n2c1c(C)[n+](-c1ccccc1C)c2C(C)(C)C. The van der Waals surface area contributed by atoms with Gasteiger partial charge >= 0.3 is 0 Å². The number of hydrogen-bond acceptors (Lipinski definition) is 0. The molecule has 1 atom stereocenters. The molecule has 150 valence electrons. The van der Waals surface area contributed by atoms with Crippen LogP contribution in [0.3, 0.4) is 0 Å². The van der Waals surface area contributed by atoms with Crippen LogP contribution in [0.4, 0.5) is 0 Å². The van der Waals surface area contributed by atoms with Gasteiger partial charge in [0.05, 0.1) is 11.3 Å². The van der Waals surface area contributed by atoms with Crippen LogP contribution < -0.4 is 4.57 Å². The Labute approximate surface area is 176 Å². The van der Waals surface area contributed by atoms with Gasteiger partial charge in [0.2, 0.25) is 0 Å². The van der Waals surface area contributed by atoms with Crippen molar-refractivity contribution in [2.75, 3.05) is 0 Å². The van der Waals surface area contributed by atoms with Crippen molar-refractivity contribution >= 4 is 0 Å². The number of aryl methyl sites for hydroxylation is 1. The zero-order valence-corrected chi connectivity index (χ0v) is 18.4. The fourth-order valence-corrected chi connectivity index (χ4v) is 5.61. The maximum Gasteiger partial charge on any atom is 0.272 e. The van der Waals surface area contributed by atoms with Crippen LogP contribution in [0.25, 0.3) is 11.4 Å². The van der Waals surface area contributed by atoms with Crippen molar-refractivity contribution in [1.82, 2.24) is 4.57 Å². The van der Waals surface area contributed by atoms with Crippen LogP contribution in [0, 0.1) is 19.8 Å². The molecule has 1 unspecified atom stereocenters. The highest BCUT2D eigenvalue weighted by molar-refractivity contribution is 5.56. The van der Waals surface area contributed by atoms with Gasteiger partial charge in [-0.2, -0.15) is 9.13 Å². The summed E-state index contributed by atoms with van der Waals surface area (Å²) in [4.78, 5) is 0. The van der Waals surface area contributed by atoms with Gasteiger partial charge in [-0.05, 0) is 64.2 Å². The Hall–Kier alpha value is -2.35. The first kappa shape index (κ1) is 17.5. The second kappa shape index (κ2) is 6.58. The van der Waals surface area contributed by atoms with E-state index in [1.54, 1.807) is 0 Å². The summed E-state index contributed by atoms with van der Waals surface area (Å²) >= 11 is 0. The Bertz CT molecular complexity index is 1130. The number of hydrogen-bond donors (Lipinski definition) is 0. The van der Waals surface area contributed by atoms with Crippen LogP contribution in [0.2, 0.25) is 0 Å². The maximum atomic E-state index is 9.98. The largest absolute Gasteiger partial charge is 0.272 e. The van der Waals surface area contributed by atoms with Gasteiger partial charge in [0.1, 0.15) is 17.1 Å². The first-order valence-electron chi connectivity index (χ1n) is 11.6. The monoisotopic (exact) mass is 386 g/mol. The van der Waals surface area contributed by atoms with E-state index in [2.05, 4.69) is 92.3 Å². The minimum Gasteiger partial charge on any atom is -0.196 e. The number of para-hydroxylation sites is 2. The van der Waals surface area contributed by atoms with Crippen molar-refractivity contribution in [1.29, 1.82) is 0 Å². The predicted octanol–water partition coefficient (Wildman–Crippen LogP) is 6.30. The maximum absolute atomic E-state index is 9.98. The molecule has 0 spiro atoms.